The first-order valence-electron chi connectivity index (χ1n) is 7.76. The Morgan fingerprint density at radius 3 is 2.32 bits per heavy atom. The molecule has 3 aromatic rings. The third-order valence-electron chi connectivity index (χ3n) is 3.97. The first kappa shape index (κ1) is 17.0. The van der Waals surface area contributed by atoms with E-state index in [9.17, 15) is 14.8 Å². The van der Waals surface area contributed by atoms with E-state index in [0.29, 0.717) is 12.2 Å². The summed E-state index contributed by atoms with van der Waals surface area (Å²) in [4.78, 5) is 0. The molecule has 0 atom stereocenters. The standard InChI is InChI=1S/C20H18FNO3/c1-25-20-10-7-15(11-14-5-8-17(21)9-6-14)12-19(20)16-3-2-4-18(13-16)22(23)24/h2-10,12-13,23-24H,11H2,1H3. The van der Waals surface area contributed by atoms with Crippen LogP contribution in [0.1, 0.15) is 11.1 Å². The highest BCUT2D eigenvalue weighted by Gasteiger charge is 2.10. The van der Waals surface area contributed by atoms with Crippen LogP contribution in [0.3, 0.4) is 0 Å². The second-order valence-electron chi connectivity index (χ2n) is 5.68. The summed E-state index contributed by atoms with van der Waals surface area (Å²) in [5.74, 6) is 0.427. The van der Waals surface area contributed by atoms with Gasteiger partial charge < -0.3 is 4.74 Å². The summed E-state index contributed by atoms with van der Waals surface area (Å²) in [6.07, 6.45) is 0.656. The normalized spacial score (nSPS) is 10.6. The number of nitrogens with zero attached hydrogens (tertiary/aromatic N) is 1. The molecule has 3 aromatic carbocycles. The third-order valence-corrected chi connectivity index (χ3v) is 3.97. The van der Waals surface area contributed by atoms with Crippen molar-refractivity contribution in [2.75, 3.05) is 12.3 Å². The van der Waals surface area contributed by atoms with Gasteiger partial charge in [0.25, 0.3) is 0 Å². The Hall–Kier alpha value is -2.89. The Kier molecular flexibility index (Phi) is 4.97. The Bertz CT molecular complexity index is 863. The van der Waals surface area contributed by atoms with Crippen LogP contribution in [0.5, 0.6) is 5.75 Å². The summed E-state index contributed by atoms with van der Waals surface area (Å²) in [5, 5.41) is 18.5. The fourth-order valence-corrected chi connectivity index (χ4v) is 2.73. The Morgan fingerprint density at radius 2 is 1.64 bits per heavy atom. The van der Waals surface area contributed by atoms with Gasteiger partial charge in [0.2, 0.25) is 0 Å². The zero-order chi connectivity index (χ0) is 17.8. The second kappa shape index (κ2) is 7.34. The minimum atomic E-state index is -0.256. The minimum absolute atomic E-state index is 0.0817. The number of hydrogen-bond acceptors (Lipinski definition) is 4. The van der Waals surface area contributed by atoms with Crippen LogP contribution < -0.4 is 9.96 Å². The van der Waals surface area contributed by atoms with E-state index in [-0.39, 0.29) is 16.7 Å². The highest BCUT2D eigenvalue weighted by Crippen LogP contribution is 2.33. The van der Waals surface area contributed by atoms with E-state index < -0.39 is 0 Å². The lowest BCUT2D eigenvalue weighted by molar-refractivity contribution is 0.0292. The van der Waals surface area contributed by atoms with Crippen molar-refractivity contribution in [2.24, 2.45) is 0 Å². The average molecular weight is 339 g/mol. The molecule has 0 aliphatic rings. The smallest absolute Gasteiger partial charge is 0.126 e. The predicted octanol–water partition coefficient (Wildman–Crippen LogP) is 4.68. The van der Waals surface area contributed by atoms with Crippen molar-refractivity contribution in [1.29, 1.82) is 0 Å². The van der Waals surface area contributed by atoms with Crippen LogP contribution in [0, 0.1) is 5.82 Å². The molecule has 3 rings (SSSR count). The number of ether oxygens (including phenoxy) is 1. The highest BCUT2D eigenvalue weighted by atomic mass is 19.1. The maximum Gasteiger partial charge on any atom is 0.126 e. The number of hydrogen-bond donors (Lipinski definition) is 2. The fraction of sp³-hybridized carbons (Fsp3) is 0.100. The predicted molar refractivity (Wildman–Crippen MR) is 93.7 cm³/mol. The summed E-state index contributed by atoms with van der Waals surface area (Å²) < 4.78 is 18.5. The van der Waals surface area contributed by atoms with Crippen LogP contribution >= 0.6 is 0 Å². The molecule has 2 N–H and O–H groups in total. The molecule has 0 aliphatic heterocycles. The number of halogens is 1. The number of benzene rings is 3. The van der Waals surface area contributed by atoms with E-state index in [1.807, 2.05) is 24.3 Å². The monoisotopic (exact) mass is 339 g/mol. The van der Waals surface area contributed by atoms with Crippen molar-refractivity contribution in [3.05, 3.63) is 83.7 Å². The molecule has 0 heterocycles. The largest absolute Gasteiger partial charge is 0.496 e. The maximum atomic E-state index is 13.1. The lowest BCUT2D eigenvalue weighted by Crippen LogP contribution is -2.10. The van der Waals surface area contributed by atoms with Crippen molar-refractivity contribution in [1.82, 2.24) is 0 Å². The molecule has 0 aromatic heterocycles. The van der Waals surface area contributed by atoms with E-state index in [0.717, 1.165) is 22.3 Å². The number of methoxy groups -OCH3 is 1. The first-order chi connectivity index (χ1) is 12.1. The van der Waals surface area contributed by atoms with E-state index in [2.05, 4.69) is 0 Å². The molecule has 0 aliphatic carbocycles. The highest BCUT2D eigenvalue weighted by molar-refractivity contribution is 5.74. The van der Waals surface area contributed by atoms with Gasteiger partial charge in [0.15, 0.2) is 0 Å². The summed E-state index contributed by atoms with van der Waals surface area (Å²) in [5.41, 5.74) is 3.93. The first-order valence-corrected chi connectivity index (χ1v) is 7.76. The van der Waals surface area contributed by atoms with Crippen molar-refractivity contribution >= 4 is 5.69 Å². The van der Waals surface area contributed by atoms with Gasteiger partial charge in [0.1, 0.15) is 11.6 Å². The summed E-state index contributed by atoms with van der Waals surface area (Å²) >= 11 is 0. The van der Waals surface area contributed by atoms with Gasteiger partial charge in [-0.1, -0.05) is 30.3 Å². The molecular formula is C20H18FNO3. The van der Waals surface area contributed by atoms with Crippen LogP contribution in [0.4, 0.5) is 10.1 Å². The lowest BCUT2D eigenvalue weighted by atomic mass is 9.98. The molecule has 0 amide bonds. The maximum absolute atomic E-state index is 13.1. The topological polar surface area (TPSA) is 52.9 Å². The van der Waals surface area contributed by atoms with Crippen LogP contribution in [0.15, 0.2) is 66.7 Å². The van der Waals surface area contributed by atoms with Crippen LogP contribution in [-0.4, -0.2) is 17.5 Å². The van der Waals surface area contributed by atoms with Gasteiger partial charge in [-0.05, 0) is 59.5 Å². The molecule has 25 heavy (non-hydrogen) atoms. The Balaban J connectivity index is 1.97. The third kappa shape index (κ3) is 3.96. The van der Waals surface area contributed by atoms with E-state index in [1.54, 1.807) is 37.4 Å². The van der Waals surface area contributed by atoms with Gasteiger partial charge >= 0.3 is 0 Å². The molecule has 0 spiro atoms. The van der Waals surface area contributed by atoms with Crippen LogP contribution in [0.2, 0.25) is 0 Å². The SMILES string of the molecule is COc1ccc(Cc2ccc(F)cc2)cc1-c1cccc(N(O)O)c1. The number of anilines is 1. The summed E-state index contributed by atoms with van der Waals surface area (Å²) in [6.45, 7) is 0. The molecule has 0 fully saturated rings. The van der Waals surface area contributed by atoms with Crippen molar-refractivity contribution in [3.8, 4) is 16.9 Å². The minimum Gasteiger partial charge on any atom is -0.496 e. The molecule has 128 valence electrons. The van der Waals surface area contributed by atoms with Gasteiger partial charge in [-0.3, -0.25) is 10.4 Å². The van der Waals surface area contributed by atoms with Crippen molar-refractivity contribution in [3.63, 3.8) is 0 Å². The molecule has 5 heteroatoms. The van der Waals surface area contributed by atoms with Crippen molar-refractivity contribution < 1.29 is 19.5 Å². The summed E-state index contributed by atoms with van der Waals surface area (Å²) in [6, 6.07) is 19.1. The van der Waals surface area contributed by atoms with Gasteiger partial charge in [-0.15, -0.1) is 5.23 Å². The van der Waals surface area contributed by atoms with Crippen LogP contribution in [-0.2, 0) is 6.42 Å². The van der Waals surface area contributed by atoms with Gasteiger partial charge in [0.05, 0.1) is 12.8 Å². The molecule has 0 unspecified atom stereocenters. The zero-order valence-electron chi connectivity index (χ0n) is 13.7. The molecule has 0 radical (unpaired) electrons. The second-order valence-corrected chi connectivity index (χ2v) is 5.68. The molecule has 0 saturated heterocycles. The zero-order valence-corrected chi connectivity index (χ0v) is 13.7. The van der Waals surface area contributed by atoms with Gasteiger partial charge in [-0.25, -0.2) is 4.39 Å². The lowest BCUT2D eigenvalue weighted by Gasteiger charge is -2.14. The van der Waals surface area contributed by atoms with Gasteiger partial charge in [0, 0.05) is 5.56 Å². The molecule has 4 nitrogen and oxygen atoms in total. The van der Waals surface area contributed by atoms with Crippen LogP contribution in [0.25, 0.3) is 11.1 Å². The molecule has 0 bridgehead atoms. The Labute approximate surface area is 145 Å². The molecule has 0 saturated carbocycles. The van der Waals surface area contributed by atoms with Gasteiger partial charge in [-0.2, -0.15) is 0 Å². The summed E-state index contributed by atoms with van der Waals surface area (Å²) in [7, 11) is 1.59. The Morgan fingerprint density at radius 1 is 0.920 bits per heavy atom. The van der Waals surface area contributed by atoms with Crippen molar-refractivity contribution in [2.45, 2.75) is 6.42 Å². The van der Waals surface area contributed by atoms with E-state index in [4.69, 9.17) is 4.74 Å². The van der Waals surface area contributed by atoms with E-state index >= 15 is 0 Å². The average Bonchev–Trinajstić information content (AvgIpc) is 2.63. The molecular weight excluding hydrogens is 321 g/mol. The van der Waals surface area contributed by atoms with E-state index in [1.165, 1.54) is 12.1 Å². The number of rotatable bonds is 5. The fourth-order valence-electron chi connectivity index (χ4n) is 2.73. The quantitative estimate of drug-likeness (QED) is 0.663.